The molecule has 0 radical (unpaired) electrons. The topological polar surface area (TPSA) is 64.2 Å². The fourth-order valence-electron chi connectivity index (χ4n) is 3.41. The summed E-state index contributed by atoms with van der Waals surface area (Å²) in [5.74, 6) is 0.821. The Hall–Kier alpha value is -3.32. The summed E-state index contributed by atoms with van der Waals surface area (Å²) in [5, 5.41) is 5.04. The van der Waals surface area contributed by atoms with Crippen molar-refractivity contribution in [3.8, 4) is 16.9 Å². The molecule has 0 bridgehead atoms. The first-order valence-corrected chi connectivity index (χ1v) is 11.3. The van der Waals surface area contributed by atoms with Gasteiger partial charge in [0.1, 0.15) is 11.5 Å². The van der Waals surface area contributed by atoms with Gasteiger partial charge in [-0.1, -0.05) is 53.3 Å². The van der Waals surface area contributed by atoms with Crippen molar-refractivity contribution in [3.05, 3.63) is 84.4 Å². The lowest BCUT2D eigenvalue weighted by Crippen LogP contribution is -2.28. The Bertz CT molecular complexity index is 1150. The van der Waals surface area contributed by atoms with Crippen molar-refractivity contribution in [1.29, 1.82) is 0 Å². The quantitative estimate of drug-likeness (QED) is 0.369. The second-order valence-electron chi connectivity index (χ2n) is 7.21. The van der Waals surface area contributed by atoms with Crippen molar-refractivity contribution in [1.82, 2.24) is 19.6 Å². The number of aromatic nitrogens is 3. The SMILES string of the molecule is CSc1nccn1-c1cccc(C(=O)N(C)CCCc2cc(-c3ccccc3)no2)c1. The molecule has 7 heteroatoms. The van der Waals surface area contributed by atoms with Crippen molar-refractivity contribution in [2.75, 3.05) is 19.8 Å². The second kappa shape index (κ2) is 9.66. The van der Waals surface area contributed by atoms with Crippen LogP contribution in [0, 0.1) is 0 Å². The predicted octanol–water partition coefficient (Wildman–Crippen LogP) is 4.95. The molecule has 1 amide bonds. The largest absolute Gasteiger partial charge is 0.361 e. The lowest BCUT2D eigenvalue weighted by Gasteiger charge is -2.17. The monoisotopic (exact) mass is 432 g/mol. The molecule has 0 saturated heterocycles. The molecule has 0 saturated carbocycles. The van der Waals surface area contributed by atoms with Gasteiger partial charge in [0.05, 0.1) is 0 Å². The maximum absolute atomic E-state index is 12.9. The van der Waals surface area contributed by atoms with Crippen molar-refractivity contribution in [2.24, 2.45) is 0 Å². The third-order valence-corrected chi connectivity index (χ3v) is 5.72. The van der Waals surface area contributed by atoms with Crippen molar-refractivity contribution >= 4 is 17.7 Å². The highest BCUT2D eigenvalue weighted by atomic mass is 32.2. The maximum Gasteiger partial charge on any atom is 0.253 e. The molecule has 2 aromatic carbocycles. The molecule has 6 nitrogen and oxygen atoms in total. The zero-order valence-corrected chi connectivity index (χ0v) is 18.4. The molecule has 2 heterocycles. The number of benzene rings is 2. The van der Waals surface area contributed by atoms with Crippen molar-refractivity contribution in [3.63, 3.8) is 0 Å². The molecule has 0 aliphatic rings. The molecular formula is C24H24N4O2S. The Morgan fingerprint density at radius 3 is 2.77 bits per heavy atom. The van der Waals surface area contributed by atoms with Crippen LogP contribution in [0.4, 0.5) is 0 Å². The fourth-order valence-corrected chi connectivity index (χ4v) is 3.94. The number of thioether (sulfide) groups is 1. The molecule has 158 valence electrons. The lowest BCUT2D eigenvalue weighted by atomic mass is 10.1. The van der Waals surface area contributed by atoms with Gasteiger partial charge in [-0.3, -0.25) is 9.36 Å². The predicted molar refractivity (Wildman–Crippen MR) is 123 cm³/mol. The van der Waals surface area contributed by atoms with E-state index in [9.17, 15) is 4.79 Å². The van der Waals surface area contributed by atoms with Crippen LogP contribution in [0.3, 0.4) is 0 Å². The first-order valence-electron chi connectivity index (χ1n) is 10.1. The average Bonchev–Trinajstić information content (AvgIpc) is 3.49. The first kappa shape index (κ1) is 20.9. The molecule has 0 aliphatic heterocycles. The van der Waals surface area contributed by atoms with Gasteiger partial charge in [-0.2, -0.15) is 0 Å². The second-order valence-corrected chi connectivity index (χ2v) is 7.98. The molecule has 0 N–H and O–H groups in total. The van der Waals surface area contributed by atoms with Crippen LogP contribution in [0.25, 0.3) is 16.9 Å². The summed E-state index contributed by atoms with van der Waals surface area (Å²) in [6.07, 6.45) is 7.17. The van der Waals surface area contributed by atoms with E-state index in [1.165, 1.54) is 0 Å². The highest BCUT2D eigenvalue weighted by Crippen LogP contribution is 2.21. The van der Waals surface area contributed by atoms with Gasteiger partial charge >= 0.3 is 0 Å². The highest BCUT2D eigenvalue weighted by Gasteiger charge is 2.14. The summed E-state index contributed by atoms with van der Waals surface area (Å²) in [5.41, 5.74) is 3.45. The fraction of sp³-hybridized carbons (Fsp3) is 0.208. The number of rotatable bonds is 8. The van der Waals surface area contributed by atoms with Crippen molar-refractivity contribution in [2.45, 2.75) is 18.0 Å². The van der Waals surface area contributed by atoms with E-state index in [0.717, 1.165) is 40.7 Å². The summed E-state index contributed by atoms with van der Waals surface area (Å²) < 4.78 is 7.44. The number of carbonyl (C=O) groups is 1. The lowest BCUT2D eigenvalue weighted by molar-refractivity contribution is 0.0793. The number of hydrogen-bond acceptors (Lipinski definition) is 5. The Balaban J connectivity index is 1.35. The number of hydrogen-bond donors (Lipinski definition) is 0. The molecule has 0 atom stereocenters. The third-order valence-electron chi connectivity index (χ3n) is 5.05. The molecule has 0 fully saturated rings. The van der Waals surface area contributed by atoms with E-state index in [2.05, 4.69) is 10.1 Å². The zero-order valence-electron chi connectivity index (χ0n) is 17.6. The van der Waals surface area contributed by atoms with Crippen LogP contribution in [-0.2, 0) is 6.42 Å². The molecule has 0 spiro atoms. The summed E-state index contributed by atoms with van der Waals surface area (Å²) in [7, 11) is 1.83. The molecular weight excluding hydrogens is 408 g/mol. The van der Waals surface area contributed by atoms with Crippen LogP contribution in [0.2, 0.25) is 0 Å². The first-order chi connectivity index (χ1) is 15.2. The van der Waals surface area contributed by atoms with Crippen LogP contribution in [0.5, 0.6) is 0 Å². The van der Waals surface area contributed by atoms with Crippen LogP contribution in [-0.4, -0.2) is 45.4 Å². The molecule has 4 rings (SSSR count). The Morgan fingerprint density at radius 2 is 1.97 bits per heavy atom. The molecule has 4 aromatic rings. The standard InChI is InChI=1S/C24H24N4O2S/c1-27(14-7-12-21-17-22(26-30-21)18-8-4-3-5-9-18)23(29)19-10-6-11-20(16-19)28-15-13-25-24(28)31-2/h3-6,8-11,13,15-17H,7,12,14H2,1-2H3. The summed E-state index contributed by atoms with van der Waals surface area (Å²) >= 11 is 1.57. The molecule has 2 aromatic heterocycles. The summed E-state index contributed by atoms with van der Waals surface area (Å²) in [6.45, 7) is 0.631. The van der Waals surface area contributed by atoms with Crippen LogP contribution in [0.1, 0.15) is 22.5 Å². The van der Waals surface area contributed by atoms with E-state index in [-0.39, 0.29) is 5.91 Å². The normalized spacial score (nSPS) is 10.9. The van der Waals surface area contributed by atoms with Gasteiger partial charge in [-0.15, -0.1) is 0 Å². The number of imidazole rings is 1. The highest BCUT2D eigenvalue weighted by molar-refractivity contribution is 7.98. The van der Waals surface area contributed by atoms with Gasteiger partial charge in [0.25, 0.3) is 5.91 Å². The van der Waals surface area contributed by atoms with Gasteiger partial charge in [0.15, 0.2) is 5.16 Å². The van der Waals surface area contributed by atoms with Gasteiger partial charge in [0.2, 0.25) is 0 Å². The Kier molecular flexibility index (Phi) is 6.52. The molecule has 31 heavy (non-hydrogen) atoms. The van der Waals surface area contributed by atoms with Crippen LogP contribution < -0.4 is 0 Å². The minimum Gasteiger partial charge on any atom is -0.361 e. The maximum atomic E-state index is 12.9. The average molecular weight is 433 g/mol. The number of amides is 1. The van der Waals surface area contributed by atoms with Gasteiger partial charge in [-0.25, -0.2) is 4.98 Å². The van der Waals surface area contributed by atoms with E-state index in [0.29, 0.717) is 12.1 Å². The van der Waals surface area contributed by atoms with Gasteiger partial charge in [0, 0.05) is 55.3 Å². The summed E-state index contributed by atoms with van der Waals surface area (Å²) in [6, 6.07) is 19.6. The smallest absolute Gasteiger partial charge is 0.253 e. The molecule has 0 aliphatic carbocycles. The van der Waals surface area contributed by atoms with Crippen molar-refractivity contribution < 1.29 is 9.32 Å². The molecule has 0 unspecified atom stereocenters. The number of aryl methyl sites for hydroxylation is 1. The zero-order chi connectivity index (χ0) is 21.6. The third kappa shape index (κ3) is 4.88. The van der Waals surface area contributed by atoms with E-state index in [4.69, 9.17) is 4.52 Å². The Labute approximate surface area is 185 Å². The van der Waals surface area contributed by atoms with Gasteiger partial charge in [-0.05, 0) is 30.9 Å². The van der Waals surface area contributed by atoms with Gasteiger partial charge < -0.3 is 9.42 Å². The Morgan fingerprint density at radius 1 is 1.13 bits per heavy atom. The minimum atomic E-state index is -0.00443. The minimum absolute atomic E-state index is 0.00443. The van der Waals surface area contributed by atoms with Crippen LogP contribution in [0.15, 0.2) is 82.7 Å². The van der Waals surface area contributed by atoms with Crippen LogP contribution >= 0.6 is 11.8 Å². The summed E-state index contributed by atoms with van der Waals surface area (Å²) in [4.78, 5) is 19.0. The van der Waals surface area contributed by atoms with E-state index >= 15 is 0 Å². The van der Waals surface area contributed by atoms with E-state index < -0.39 is 0 Å². The van der Waals surface area contributed by atoms with E-state index in [1.54, 1.807) is 22.9 Å². The van der Waals surface area contributed by atoms with E-state index in [1.807, 2.05) is 84.7 Å². The number of nitrogens with zero attached hydrogens (tertiary/aromatic N) is 4. The number of carbonyl (C=O) groups excluding carboxylic acids is 1.